The minimum absolute atomic E-state index is 0.159. The Morgan fingerprint density at radius 2 is 1.61 bits per heavy atom. The van der Waals surface area contributed by atoms with E-state index in [4.69, 9.17) is 15.2 Å². The van der Waals surface area contributed by atoms with Crippen LogP contribution in [0.25, 0.3) is 0 Å². The van der Waals surface area contributed by atoms with Crippen molar-refractivity contribution in [3.05, 3.63) is 29.8 Å². The molecule has 1 heterocycles. The van der Waals surface area contributed by atoms with Crippen molar-refractivity contribution in [3.8, 4) is 0 Å². The summed E-state index contributed by atoms with van der Waals surface area (Å²) in [4.78, 5) is 2.38. The van der Waals surface area contributed by atoms with Gasteiger partial charge < -0.3 is 15.2 Å². The molecule has 0 spiro atoms. The van der Waals surface area contributed by atoms with Crippen LogP contribution >= 0.6 is 0 Å². The van der Waals surface area contributed by atoms with Gasteiger partial charge in [0.1, 0.15) is 0 Å². The average Bonchev–Trinajstić information content (AvgIpc) is 2.82. The predicted octanol–water partition coefficient (Wildman–Crippen LogP) is 1.68. The number of nitrogens with zero attached hydrogens (tertiary/aromatic N) is 1. The van der Waals surface area contributed by atoms with Crippen LogP contribution in [-0.4, -0.2) is 44.4 Å². The molecule has 1 aromatic rings. The second-order valence-corrected chi connectivity index (χ2v) is 4.84. The molecule has 1 aromatic carbocycles. The van der Waals surface area contributed by atoms with Gasteiger partial charge >= 0.3 is 0 Å². The molecule has 0 aliphatic carbocycles. The number of methoxy groups -OCH3 is 2. The zero-order valence-corrected chi connectivity index (χ0v) is 11.3. The quantitative estimate of drug-likeness (QED) is 0.826. The fourth-order valence-corrected chi connectivity index (χ4v) is 2.53. The molecule has 0 amide bonds. The van der Waals surface area contributed by atoms with Crippen LogP contribution in [0.5, 0.6) is 0 Å². The molecule has 4 heteroatoms. The van der Waals surface area contributed by atoms with E-state index in [0.29, 0.717) is 6.04 Å². The minimum atomic E-state index is 0.159. The van der Waals surface area contributed by atoms with Gasteiger partial charge in [-0.2, -0.15) is 0 Å². The molecular weight excluding hydrogens is 228 g/mol. The van der Waals surface area contributed by atoms with Gasteiger partial charge in [0.05, 0.1) is 12.2 Å². The molecule has 4 nitrogen and oxygen atoms in total. The van der Waals surface area contributed by atoms with E-state index in [9.17, 15) is 0 Å². The summed E-state index contributed by atoms with van der Waals surface area (Å²) in [7, 11) is 3.49. The number of rotatable bonds is 4. The molecule has 100 valence electrons. The molecule has 0 radical (unpaired) electrons. The summed E-state index contributed by atoms with van der Waals surface area (Å²) in [5.74, 6) is 0. The van der Waals surface area contributed by atoms with Crippen LogP contribution in [0.3, 0.4) is 0 Å². The normalized spacial score (nSPS) is 26.4. The first-order chi connectivity index (χ1) is 8.65. The largest absolute Gasteiger partial charge is 0.399 e. The molecular formula is C14H22N2O2. The molecule has 0 bridgehead atoms. The van der Waals surface area contributed by atoms with E-state index in [-0.39, 0.29) is 12.2 Å². The number of nitrogens with two attached hydrogens (primary N) is 1. The monoisotopic (exact) mass is 250 g/mol. The summed E-state index contributed by atoms with van der Waals surface area (Å²) in [5, 5.41) is 0. The highest BCUT2D eigenvalue weighted by Gasteiger charge is 2.35. The van der Waals surface area contributed by atoms with Gasteiger partial charge in [0, 0.05) is 39.0 Å². The third-order valence-electron chi connectivity index (χ3n) is 3.82. The van der Waals surface area contributed by atoms with Crippen LogP contribution in [0, 0.1) is 0 Å². The lowest BCUT2D eigenvalue weighted by atomic mass is 10.1. The smallest absolute Gasteiger partial charge is 0.0972 e. The van der Waals surface area contributed by atoms with Crippen molar-refractivity contribution in [2.45, 2.75) is 25.2 Å². The topological polar surface area (TPSA) is 47.7 Å². The Balaban J connectivity index is 2.06. The molecule has 3 atom stereocenters. The predicted molar refractivity (Wildman–Crippen MR) is 72.4 cm³/mol. The van der Waals surface area contributed by atoms with E-state index in [1.54, 1.807) is 14.2 Å². The van der Waals surface area contributed by atoms with Gasteiger partial charge in [-0.3, -0.25) is 4.90 Å². The maximum absolute atomic E-state index is 5.71. The van der Waals surface area contributed by atoms with Crippen molar-refractivity contribution < 1.29 is 9.47 Å². The molecule has 2 N–H and O–H groups in total. The maximum Gasteiger partial charge on any atom is 0.0972 e. The molecule has 1 fully saturated rings. The highest BCUT2D eigenvalue weighted by molar-refractivity contribution is 5.40. The van der Waals surface area contributed by atoms with Crippen molar-refractivity contribution in [3.63, 3.8) is 0 Å². The standard InChI is InChI=1S/C14H22N2O2/c1-10(11-4-6-12(15)7-5-11)16-8-13(17-2)14(9-16)18-3/h4-7,10,13-14H,8-9,15H2,1-3H3. The number of benzene rings is 1. The Labute approximate surface area is 109 Å². The summed E-state index contributed by atoms with van der Waals surface area (Å²) in [5.41, 5.74) is 7.79. The van der Waals surface area contributed by atoms with Crippen LogP contribution in [-0.2, 0) is 9.47 Å². The zero-order chi connectivity index (χ0) is 13.1. The maximum atomic E-state index is 5.71. The average molecular weight is 250 g/mol. The number of hydrogen-bond acceptors (Lipinski definition) is 4. The second-order valence-electron chi connectivity index (χ2n) is 4.84. The zero-order valence-electron chi connectivity index (χ0n) is 11.3. The highest BCUT2D eigenvalue weighted by atomic mass is 16.5. The lowest BCUT2D eigenvalue weighted by Crippen LogP contribution is -2.27. The molecule has 1 saturated heterocycles. The van der Waals surface area contributed by atoms with E-state index in [0.717, 1.165) is 18.8 Å². The van der Waals surface area contributed by atoms with Crippen molar-refractivity contribution in [2.75, 3.05) is 33.0 Å². The summed E-state index contributed by atoms with van der Waals surface area (Å²) >= 11 is 0. The SMILES string of the molecule is COC1CN(C(C)c2ccc(N)cc2)CC1OC. The molecule has 18 heavy (non-hydrogen) atoms. The first-order valence-corrected chi connectivity index (χ1v) is 6.30. The van der Waals surface area contributed by atoms with Crippen molar-refractivity contribution in [2.24, 2.45) is 0 Å². The van der Waals surface area contributed by atoms with E-state index in [1.165, 1.54) is 5.56 Å². The molecule has 1 aliphatic heterocycles. The van der Waals surface area contributed by atoms with Gasteiger partial charge in [0.25, 0.3) is 0 Å². The number of ether oxygens (including phenoxy) is 2. The van der Waals surface area contributed by atoms with E-state index in [2.05, 4.69) is 24.0 Å². The van der Waals surface area contributed by atoms with Crippen LogP contribution in [0.15, 0.2) is 24.3 Å². The molecule has 1 aliphatic rings. The lowest BCUT2D eigenvalue weighted by Gasteiger charge is -2.24. The number of likely N-dealkylation sites (tertiary alicyclic amines) is 1. The van der Waals surface area contributed by atoms with Gasteiger partial charge in [-0.25, -0.2) is 0 Å². The Morgan fingerprint density at radius 1 is 1.11 bits per heavy atom. The summed E-state index contributed by atoms with van der Waals surface area (Å²) in [6.45, 7) is 4.01. The first-order valence-electron chi connectivity index (χ1n) is 6.30. The fraction of sp³-hybridized carbons (Fsp3) is 0.571. The van der Waals surface area contributed by atoms with Crippen LogP contribution in [0.1, 0.15) is 18.5 Å². The Bertz CT molecular complexity index is 368. The Morgan fingerprint density at radius 3 is 2.06 bits per heavy atom. The second kappa shape index (κ2) is 5.69. The number of hydrogen-bond donors (Lipinski definition) is 1. The Hall–Kier alpha value is -1.10. The lowest BCUT2D eigenvalue weighted by molar-refractivity contribution is -0.00461. The van der Waals surface area contributed by atoms with Gasteiger partial charge in [-0.15, -0.1) is 0 Å². The number of anilines is 1. The van der Waals surface area contributed by atoms with Gasteiger partial charge in [0.2, 0.25) is 0 Å². The van der Waals surface area contributed by atoms with E-state index < -0.39 is 0 Å². The highest BCUT2D eigenvalue weighted by Crippen LogP contribution is 2.27. The summed E-state index contributed by atoms with van der Waals surface area (Å²) < 4.78 is 10.9. The van der Waals surface area contributed by atoms with Gasteiger partial charge in [-0.1, -0.05) is 12.1 Å². The van der Waals surface area contributed by atoms with Gasteiger partial charge in [0.15, 0.2) is 0 Å². The van der Waals surface area contributed by atoms with E-state index in [1.807, 2.05) is 12.1 Å². The fourth-order valence-electron chi connectivity index (χ4n) is 2.53. The molecule has 0 saturated carbocycles. The first kappa shape index (κ1) is 13.3. The van der Waals surface area contributed by atoms with E-state index >= 15 is 0 Å². The summed E-state index contributed by atoms with van der Waals surface area (Å²) in [6.07, 6.45) is 0.317. The van der Waals surface area contributed by atoms with Crippen LogP contribution in [0.2, 0.25) is 0 Å². The molecule has 2 rings (SSSR count). The van der Waals surface area contributed by atoms with Crippen LogP contribution in [0.4, 0.5) is 5.69 Å². The van der Waals surface area contributed by atoms with Crippen molar-refractivity contribution >= 4 is 5.69 Å². The van der Waals surface area contributed by atoms with Crippen molar-refractivity contribution in [1.29, 1.82) is 0 Å². The third kappa shape index (κ3) is 2.66. The van der Waals surface area contributed by atoms with Crippen LogP contribution < -0.4 is 5.73 Å². The Kier molecular flexibility index (Phi) is 4.22. The summed E-state index contributed by atoms with van der Waals surface area (Å²) in [6, 6.07) is 8.42. The third-order valence-corrected chi connectivity index (χ3v) is 3.82. The van der Waals surface area contributed by atoms with Gasteiger partial charge in [-0.05, 0) is 24.6 Å². The van der Waals surface area contributed by atoms with Crippen molar-refractivity contribution in [1.82, 2.24) is 4.90 Å². The number of nitrogen functional groups attached to an aromatic ring is 1. The molecule has 0 aromatic heterocycles. The molecule has 3 unspecified atom stereocenters. The minimum Gasteiger partial charge on any atom is -0.399 e.